The fourth-order valence-corrected chi connectivity index (χ4v) is 2.21. The van der Waals surface area contributed by atoms with Crippen molar-refractivity contribution in [1.82, 2.24) is 5.32 Å². The zero-order valence-corrected chi connectivity index (χ0v) is 9.83. The average molecular weight is 213 g/mol. The van der Waals surface area contributed by atoms with Gasteiger partial charge in [0, 0.05) is 12.6 Å². The summed E-state index contributed by atoms with van der Waals surface area (Å²) in [5, 5.41) is 12.2. The lowest BCUT2D eigenvalue weighted by atomic mass is 9.96. The largest absolute Gasteiger partial charge is 0.481 e. The minimum Gasteiger partial charge on any atom is -0.481 e. The van der Waals surface area contributed by atoms with Gasteiger partial charge in [-0.05, 0) is 18.8 Å². The summed E-state index contributed by atoms with van der Waals surface area (Å²) in [6.07, 6.45) is 6.42. The van der Waals surface area contributed by atoms with Gasteiger partial charge in [0.25, 0.3) is 0 Å². The molecule has 3 atom stereocenters. The molecule has 2 N–H and O–H groups in total. The van der Waals surface area contributed by atoms with Gasteiger partial charge in [-0.15, -0.1) is 0 Å². The van der Waals surface area contributed by atoms with Crippen molar-refractivity contribution < 1.29 is 9.90 Å². The Morgan fingerprint density at radius 2 is 2.07 bits per heavy atom. The highest BCUT2D eigenvalue weighted by Gasteiger charge is 2.20. The van der Waals surface area contributed by atoms with E-state index in [4.69, 9.17) is 5.11 Å². The lowest BCUT2D eigenvalue weighted by Gasteiger charge is -2.23. The first-order valence-electron chi connectivity index (χ1n) is 6.07. The zero-order chi connectivity index (χ0) is 11.3. The molecule has 1 rings (SSSR count). The Morgan fingerprint density at radius 1 is 1.40 bits per heavy atom. The Balaban J connectivity index is 2.32. The van der Waals surface area contributed by atoms with Crippen molar-refractivity contribution in [3.63, 3.8) is 0 Å². The van der Waals surface area contributed by atoms with Gasteiger partial charge in [0.05, 0.1) is 5.92 Å². The van der Waals surface area contributed by atoms with Crippen molar-refractivity contribution in [2.75, 3.05) is 6.54 Å². The molecule has 0 saturated heterocycles. The van der Waals surface area contributed by atoms with E-state index in [-0.39, 0.29) is 5.92 Å². The molecule has 1 saturated carbocycles. The summed E-state index contributed by atoms with van der Waals surface area (Å²) in [5.41, 5.74) is 0. The summed E-state index contributed by atoms with van der Waals surface area (Å²) in [6.45, 7) is 4.63. The Bertz CT molecular complexity index is 206. The second-order valence-corrected chi connectivity index (χ2v) is 4.87. The fraction of sp³-hybridized carbons (Fsp3) is 0.917. The van der Waals surface area contributed by atoms with E-state index < -0.39 is 5.97 Å². The minimum absolute atomic E-state index is 0.277. The highest BCUT2D eigenvalue weighted by molar-refractivity contribution is 5.69. The van der Waals surface area contributed by atoms with Crippen LogP contribution in [0.1, 0.15) is 46.0 Å². The molecule has 15 heavy (non-hydrogen) atoms. The van der Waals surface area contributed by atoms with Crippen molar-refractivity contribution in [3.05, 3.63) is 0 Å². The van der Waals surface area contributed by atoms with E-state index in [9.17, 15) is 4.79 Å². The van der Waals surface area contributed by atoms with Crippen LogP contribution in [0.4, 0.5) is 0 Å². The van der Waals surface area contributed by atoms with Gasteiger partial charge in [-0.25, -0.2) is 0 Å². The molecule has 0 aromatic rings. The van der Waals surface area contributed by atoms with Crippen LogP contribution in [0.25, 0.3) is 0 Å². The summed E-state index contributed by atoms with van der Waals surface area (Å²) in [7, 11) is 0. The molecule has 1 aliphatic rings. The summed E-state index contributed by atoms with van der Waals surface area (Å²) in [4.78, 5) is 10.7. The molecule has 0 heterocycles. The third kappa shape index (κ3) is 4.20. The van der Waals surface area contributed by atoms with Crippen LogP contribution in [0.2, 0.25) is 0 Å². The van der Waals surface area contributed by atoms with E-state index in [0.717, 1.165) is 0 Å². The zero-order valence-electron chi connectivity index (χ0n) is 9.83. The number of nitrogens with one attached hydrogen (secondary N) is 1. The Morgan fingerprint density at radius 3 is 2.73 bits per heavy atom. The maximum atomic E-state index is 10.7. The van der Waals surface area contributed by atoms with Crippen LogP contribution in [-0.2, 0) is 4.79 Å². The van der Waals surface area contributed by atoms with Gasteiger partial charge in [-0.1, -0.05) is 33.1 Å². The highest BCUT2D eigenvalue weighted by Crippen LogP contribution is 2.22. The Hall–Kier alpha value is -0.570. The third-order valence-corrected chi connectivity index (χ3v) is 3.47. The number of rotatable bonds is 4. The molecule has 0 radical (unpaired) electrons. The highest BCUT2D eigenvalue weighted by atomic mass is 16.4. The predicted octanol–water partition coefficient (Wildman–Crippen LogP) is 2.27. The van der Waals surface area contributed by atoms with Gasteiger partial charge >= 0.3 is 5.97 Å². The molecule has 3 heteroatoms. The van der Waals surface area contributed by atoms with Crippen LogP contribution in [-0.4, -0.2) is 23.7 Å². The number of carboxylic acids is 1. The van der Waals surface area contributed by atoms with E-state index in [0.29, 0.717) is 18.5 Å². The summed E-state index contributed by atoms with van der Waals surface area (Å²) < 4.78 is 0. The molecule has 0 aromatic heterocycles. The Kier molecular flexibility index (Phi) is 5.09. The van der Waals surface area contributed by atoms with Crippen LogP contribution >= 0.6 is 0 Å². The fourth-order valence-electron chi connectivity index (χ4n) is 2.21. The maximum Gasteiger partial charge on any atom is 0.307 e. The SMILES string of the molecule is CC(CNC1CCCCCC1C)C(=O)O. The molecule has 0 spiro atoms. The number of carboxylic acid groups (broad SMARTS) is 1. The van der Waals surface area contributed by atoms with Gasteiger partial charge in [0.15, 0.2) is 0 Å². The summed E-state index contributed by atoms with van der Waals surface area (Å²) >= 11 is 0. The van der Waals surface area contributed by atoms with E-state index in [1.165, 1.54) is 32.1 Å². The first-order chi connectivity index (χ1) is 7.11. The molecule has 0 aromatic carbocycles. The predicted molar refractivity (Wildman–Crippen MR) is 60.8 cm³/mol. The Labute approximate surface area is 92.3 Å². The number of carbonyl (C=O) groups is 1. The topological polar surface area (TPSA) is 49.3 Å². The number of hydrogen-bond acceptors (Lipinski definition) is 2. The third-order valence-electron chi connectivity index (χ3n) is 3.47. The van der Waals surface area contributed by atoms with Crippen LogP contribution in [0.3, 0.4) is 0 Å². The van der Waals surface area contributed by atoms with Crippen LogP contribution in [0.5, 0.6) is 0 Å². The van der Waals surface area contributed by atoms with Crippen molar-refractivity contribution in [2.45, 2.75) is 52.0 Å². The number of hydrogen-bond donors (Lipinski definition) is 2. The van der Waals surface area contributed by atoms with Crippen LogP contribution in [0, 0.1) is 11.8 Å². The van der Waals surface area contributed by atoms with Crippen molar-refractivity contribution in [2.24, 2.45) is 11.8 Å². The summed E-state index contributed by atoms with van der Waals surface area (Å²) in [6, 6.07) is 0.522. The molecule has 3 nitrogen and oxygen atoms in total. The molecule has 0 bridgehead atoms. The smallest absolute Gasteiger partial charge is 0.307 e. The first kappa shape index (κ1) is 12.5. The van der Waals surface area contributed by atoms with Gasteiger partial charge in [-0.2, -0.15) is 0 Å². The molecule has 1 fully saturated rings. The van der Waals surface area contributed by atoms with Gasteiger partial charge < -0.3 is 10.4 Å². The molecule has 0 aliphatic heterocycles. The van der Waals surface area contributed by atoms with E-state index in [2.05, 4.69) is 12.2 Å². The monoisotopic (exact) mass is 213 g/mol. The lowest BCUT2D eigenvalue weighted by molar-refractivity contribution is -0.141. The standard InChI is InChI=1S/C12H23NO2/c1-9-6-4-3-5-7-11(9)13-8-10(2)12(14)15/h9-11,13H,3-8H2,1-2H3,(H,14,15). The van der Waals surface area contributed by atoms with E-state index in [1.54, 1.807) is 6.92 Å². The van der Waals surface area contributed by atoms with Gasteiger partial charge in [0.2, 0.25) is 0 Å². The molecule has 3 unspecified atom stereocenters. The molecular weight excluding hydrogens is 190 g/mol. The maximum absolute atomic E-state index is 10.7. The van der Waals surface area contributed by atoms with Crippen LogP contribution < -0.4 is 5.32 Å². The molecule has 0 amide bonds. The van der Waals surface area contributed by atoms with E-state index in [1.807, 2.05) is 0 Å². The van der Waals surface area contributed by atoms with Crippen LogP contribution in [0.15, 0.2) is 0 Å². The second-order valence-electron chi connectivity index (χ2n) is 4.87. The van der Waals surface area contributed by atoms with Gasteiger partial charge in [-0.3, -0.25) is 4.79 Å². The van der Waals surface area contributed by atoms with Crippen molar-refractivity contribution in [3.8, 4) is 0 Å². The van der Waals surface area contributed by atoms with Gasteiger partial charge in [0.1, 0.15) is 0 Å². The quantitative estimate of drug-likeness (QED) is 0.704. The van der Waals surface area contributed by atoms with E-state index >= 15 is 0 Å². The molecular formula is C12H23NO2. The van der Waals surface area contributed by atoms with Crippen molar-refractivity contribution in [1.29, 1.82) is 0 Å². The normalized spacial score (nSPS) is 29.5. The molecule has 1 aliphatic carbocycles. The number of aliphatic carboxylic acids is 1. The lowest BCUT2D eigenvalue weighted by Crippen LogP contribution is -2.38. The summed E-state index contributed by atoms with van der Waals surface area (Å²) in [5.74, 6) is -0.294. The van der Waals surface area contributed by atoms with Crippen molar-refractivity contribution >= 4 is 5.97 Å². The average Bonchev–Trinajstić information content (AvgIpc) is 2.39. The minimum atomic E-state index is -0.705. The first-order valence-corrected chi connectivity index (χ1v) is 6.07. The second kappa shape index (κ2) is 6.11. The molecule has 88 valence electrons.